The van der Waals surface area contributed by atoms with E-state index in [0.717, 1.165) is 35.4 Å². The molecule has 1 N–H and O–H groups in total. The molecule has 1 aliphatic rings. The highest BCUT2D eigenvalue weighted by Gasteiger charge is 2.27. The Hall–Kier alpha value is -2.95. The van der Waals surface area contributed by atoms with Crippen molar-refractivity contribution in [2.45, 2.75) is 20.0 Å². The van der Waals surface area contributed by atoms with Gasteiger partial charge in [0.25, 0.3) is 5.91 Å². The molecule has 140 valence electrons. The quantitative estimate of drug-likeness (QED) is 0.766. The van der Waals surface area contributed by atoms with Crippen LogP contribution >= 0.6 is 0 Å². The molecule has 1 amide bonds. The number of aryl methyl sites for hydroxylation is 1. The molecule has 0 saturated carbocycles. The number of aromatic amines is 1. The number of fused-ring (bicyclic) bond motifs is 2. The number of rotatable bonds is 4. The van der Waals surface area contributed by atoms with Gasteiger partial charge in [0.1, 0.15) is 17.5 Å². The number of carbonyl (C=O) groups excluding carboxylic acids is 1. The molecular weight excluding hydrogens is 338 g/mol. The molecule has 3 aromatic rings. The van der Waals surface area contributed by atoms with Crippen molar-refractivity contribution in [2.24, 2.45) is 0 Å². The monoisotopic (exact) mass is 363 g/mol. The summed E-state index contributed by atoms with van der Waals surface area (Å²) in [4.78, 5) is 20.2. The molecule has 27 heavy (non-hydrogen) atoms. The van der Waals surface area contributed by atoms with Crippen LogP contribution in [0.3, 0.4) is 0 Å². The summed E-state index contributed by atoms with van der Waals surface area (Å²) < 4.78 is 6.15. The number of anilines is 1. The number of para-hydroxylation sites is 2. The molecule has 0 fully saturated rings. The van der Waals surface area contributed by atoms with Gasteiger partial charge in [-0.05, 0) is 43.7 Å². The van der Waals surface area contributed by atoms with Gasteiger partial charge in [-0.15, -0.1) is 0 Å². The average molecular weight is 363 g/mol. The largest absolute Gasteiger partial charge is 0.485 e. The molecule has 4 rings (SSSR count). The first-order valence-electron chi connectivity index (χ1n) is 9.40. The van der Waals surface area contributed by atoms with Gasteiger partial charge in [0.2, 0.25) is 0 Å². The molecule has 1 atom stereocenters. The lowest BCUT2D eigenvalue weighted by Gasteiger charge is -2.37. The molecule has 1 aliphatic heterocycles. The molecule has 1 aromatic heterocycles. The number of amides is 1. The van der Waals surface area contributed by atoms with Crippen LogP contribution in [0.25, 0.3) is 10.9 Å². The summed E-state index contributed by atoms with van der Waals surface area (Å²) >= 11 is 0. The molecule has 2 aromatic carbocycles. The van der Waals surface area contributed by atoms with Crippen LogP contribution in [0.5, 0.6) is 5.75 Å². The van der Waals surface area contributed by atoms with Gasteiger partial charge >= 0.3 is 0 Å². The number of H-pyrrole nitrogens is 1. The van der Waals surface area contributed by atoms with Gasteiger partial charge in [-0.2, -0.15) is 0 Å². The zero-order valence-electron chi connectivity index (χ0n) is 16.0. The maximum Gasteiger partial charge on any atom is 0.270 e. The normalized spacial score (nSPS) is 16.1. The smallest absolute Gasteiger partial charge is 0.270 e. The molecule has 0 aliphatic carbocycles. The first kappa shape index (κ1) is 17.5. The zero-order valence-corrected chi connectivity index (χ0v) is 16.0. The highest BCUT2D eigenvalue weighted by atomic mass is 16.5. The lowest BCUT2D eigenvalue weighted by atomic mass is 10.1. The lowest BCUT2D eigenvalue weighted by Crippen LogP contribution is -2.46. The van der Waals surface area contributed by atoms with Crippen molar-refractivity contribution >= 4 is 22.5 Å². The number of benzene rings is 2. The summed E-state index contributed by atoms with van der Waals surface area (Å²) in [6.45, 7) is 6.41. The second-order valence-corrected chi connectivity index (χ2v) is 7.21. The van der Waals surface area contributed by atoms with Gasteiger partial charge < -0.3 is 19.5 Å². The van der Waals surface area contributed by atoms with Crippen molar-refractivity contribution in [3.05, 3.63) is 59.8 Å². The third kappa shape index (κ3) is 3.37. The van der Waals surface area contributed by atoms with Gasteiger partial charge in [-0.25, -0.2) is 0 Å². The Balaban J connectivity index is 1.49. The topological polar surface area (TPSA) is 48.6 Å². The fourth-order valence-corrected chi connectivity index (χ4v) is 3.72. The Morgan fingerprint density at radius 1 is 1.26 bits per heavy atom. The van der Waals surface area contributed by atoms with Crippen LogP contribution in [0.4, 0.5) is 5.69 Å². The first-order valence-corrected chi connectivity index (χ1v) is 9.40. The van der Waals surface area contributed by atoms with Crippen LogP contribution in [0.2, 0.25) is 0 Å². The number of hydrogen-bond acceptors (Lipinski definition) is 3. The minimum atomic E-state index is -0.0552. The SMILES string of the molecule is CCN1C[C@H](CN(C)C(=O)c2cc3ccc(C)cc3[nH]2)Oc2ccccc21. The summed E-state index contributed by atoms with van der Waals surface area (Å²) in [5.41, 5.74) is 3.90. The fourth-order valence-electron chi connectivity index (χ4n) is 3.72. The number of nitrogens with zero attached hydrogens (tertiary/aromatic N) is 2. The average Bonchev–Trinajstić information content (AvgIpc) is 3.09. The highest BCUT2D eigenvalue weighted by Crippen LogP contribution is 2.33. The Morgan fingerprint density at radius 2 is 2.07 bits per heavy atom. The Morgan fingerprint density at radius 3 is 2.89 bits per heavy atom. The van der Waals surface area contributed by atoms with Crippen molar-refractivity contribution < 1.29 is 9.53 Å². The summed E-state index contributed by atoms with van der Waals surface area (Å²) in [5.74, 6) is 0.867. The number of ether oxygens (including phenoxy) is 1. The second kappa shape index (κ2) is 6.99. The third-order valence-electron chi connectivity index (χ3n) is 5.14. The minimum absolute atomic E-state index is 0.0191. The van der Waals surface area contributed by atoms with E-state index in [0.29, 0.717) is 12.2 Å². The molecule has 0 spiro atoms. The van der Waals surface area contributed by atoms with Gasteiger partial charge in [0.05, 0.1) is 18.8 Å². The van der Waals surface area contributed by atoms with E-state index in [4.69, 9.17) is 4.74 Å². The van der Waals surface area contributed by atoms with E-state index in [1.807, 2.05) is 44.3 Å². The van der Waals surface area contributed by atoms with E-state index in [1.165, 1.54) is 5.56 Å². The molecule has 0 bridgehead atoms. The number of aromatic nitrogens is 1. The van der Waals surface area contributed by atoms with E-state index in [2.05, 4.69) is 35.0 Å². The summed E-state index contributed by atoms with van der Waals surface area (Å²) in [6, 6.07) is 16.2. The molecule has 0 radical (unpaired) electrons. The van der Waals surface area contributed by atoms with Crippen molar-refractivity contribution in [1.29, 1.82) is 0 Å². The van der Waals surface area contributed by atoms with Crippen LogP contribution in [0, 0.1) is 6.92 Å². The van der Waals surface area contributed by atoms with Gasteiger partial charge in [0, 0.05) is 24.5 Å². The maximum atomic E-state index is 12.9. The predicted molar refractivity (Wildman–Crippen MR) is 109 cm³/mol. The van der Waals surface area contributed by atoms with Crippen molar-refractivity contribution in [1.82, 2.24) is 9.88 Å². The molecular formula is C22H25N3O2. The molecule has 5 heteroatoms. The summed E-state index contributed by atoms with van der Waals surface area (Å²) in [7, 11) is 1.83. The van der Waals surface area contributed by atoms with Crippen LogP contribution in [-0.4, -0.2) is 48.6 Å². The fraction of sp³-hybridized carbons (Fsp3) is 0.318. The zero-order chi connectivity index (χ0) is 19.0. The van der Waals surface area contributed by atoms with Crippen molar-refractivity contribution in [2.75, 3.05) is 31.6 Å². The number of nitrogens with one attached hydrogen (secondary N) is 1. The van der Waals surface area contributed by atoms with E-state index < -0.39 is 0 Å². The molecule has 0 unspecified atom stereocenters. The number of carbonyl (C=O) groups is 1. The second-order valence-electron chi connectivity index (χ2n) is 7.21. The summed E-state index contributed by atoms with van der Waals surface area (Å²) in [5, 5.41) is 1.05. The van der Waals surface area contributed by atoms with Gasteiger partial charge in [0.15, 0.2) is 0 Å². The molecule has 5 nitrogen and oxygen atoms in total. The first-order chi connectivity index (χ1) is 13.0. The predicted octanol–water partition coefficient (Wildman–Crippen LogP) is 3.84. The van der Waals surface area contributed by atoms with Crippen molar-refractivity contribution in [3.63, 3.8) is 0 Å². The minimum Gasteiger partial charge on any atom is -0.485 e. The van der Waals surface area contributed by atoms with Crippen LogP contribution in [-0.2, 0) is 0 Å². The lowest BCUT2D eigenvalue weighted by molar-refractivity contribution is 0.0705. The Bertz CT molecular complexity index is 979. The standard InChI is InChI=1S/C22H25N3O2/c1-4-25-14-17(27-21-8-6-5-7-20(21)25)13-24(3)22(26)19-12-16-10-9-15(2)11-18(16)23-19/h5-12,17,23H,4,13-14H2,1-3H3/t17-/m0/s1. The number of likely N-dealkylation sites (N-methyl/N-ethyl adjacent to an activating group) is 2. The van der Waals surface area contributed by atoms with Crippen LogP contribution in [0.1, 0.15) is 23.0 Å². The summed E-state index contributed by atoms with van der Waals surface area (Å²) in [6.07, 6.45) is -0.0552. The highest BCUT2D eigenvalue weighted by molar-refractivity contribution is 5.98. The Kier molecular flexibility index (Phi) is 4.52. The number of hydrogen-bond donors (Lipinski definition) is 1. The van der Waals surface area contributed by atoms with Gasteiger partial charge in [-0.3, -0.25) is 4.79 Å². The molecule has 0 saturated heterocycles. The third-order valence-corrected chi connectivity index (χ3v) is 5.14. The Labute approximate surface area is 159 Å². The van der Waals surface area contributed by atoms with Crippen LogP contribution in [0.15, 0.2) is 48.5 Å². The van der Waals surface area contributed by atoms with E-state index in [-0.39, 0.29) is 12.0 Å². The van der Waals surface area contributed by atoms with Gasteiger partial charge in [-0.1, -0.05) is 24.3 Å². The van der Waals surface area contributed by atoms with Crippen LogP contribution < -0.4 is 9.64 Å². The van der Waals surface area contributed by atoms with E-state index in [9.17, 15) is 4.79 Å². The van der Waals surface area contributed by atoms with E-state index in [1.54, 1.807) is 4.90 Å². The maximum absolute atomic E-state index is 12.9. The molecule has 2 heterocycles. The van der Waals surface area contributed by atoms with E-state index >= 15 is 0 Å². The van der Waals surface area contributed by atoms with Crippen molar-refractivity contribution in [3.8, 4) is 5.75 Å².